The molecule has 2 aromatic carbocycles. The summed E-state index contributed by atoms with van der Waals surface area (Å²) in [4.78, 5) is 11.1. The maximum absolute atomic E-state index is 13.7. The van der Waals surface area contributed by atoms with E-state index in [1.807, 2.05) is 0 Å². The molecule has 2 aromatic rings. The number of rotatable bonds is 4. The van der Waals surface area contributed by atoms with Crippen molar-refractivity contribution in [3.8, 4) is 0 Å². The van der Waals surface area contributed by atoms with Crippen molar-refractivity contribution in [2.75, 3.05) is 5.32 Å². The molecule has 0 saturated carbocycles. The first kappa shape index (κ1) is 14.0. The number of benzene rings is 2. The monoisotopic (exact) mass is 276 g/mol. The van der Waals surface area contributed by atoms with E-state index in [0.29, 0.717) is 11.3 Å². The lowest BCUT2D eigenvalue weighted by atomic mass is 10.1. The van der Waals surface area contributed by atoms with Crippen molar-refractivity contribution in [2.45, 2.75) is 13.0 Å². The number of primary amides is 1. The minimum atomic E-state index is -0.615. The Morgan fingerprint density at radius 3 is 2.35 bits per heavy atom. The van der Waals surface area contributed by atoms with Gasteiger partial charge in [0.05, 0.1) is 6.04 Å². The third-order valence-corrected chi connectivity index (χ3v) is 2.96. The lowest BCUT2D eigenvalue weighted by Crippen LogP contribution is -2.13. The summed E-state index contributed by atoms with van der Waals surface area (Å²) >= 11 is 0. The van der Waals surface area contributed by atoms with E-state index in [1.165, 1.54) is 24.3 Å². The number of nitrogens with two attached hydrogens (primary N) is 1. The van der Waals surface area contributed by atoms with Gasteiger partial charge >= 0.3 is 0 Å². The highest BCUT2D eigenvalue weighted by molar-refractivity contribution is 5.93. The number of carbonyl (C=O) groups is 1. The molecule has 1 amide bonds. The predicted octanol–water partition coefficient (Wildman–Crippen LogP) is 3.24. The highest BCUT2D eigenvalue weighted by Crippen LogP contribution is 2.24. The predicted molar refractivity (Wildman–Crippen MR) is 73.4 cm³/mol. The number of halogens is 2. The van der Waals surface area contributed by atoms with Crippen molar-refractivity contribution in [1.29, 1.82) is 0 Å². The van der Waals surface area contributed by atoms with Gasteiger partial charge in [-0.2, -0.15) is 0 Å². The molecule has 5 heteroatoms. The van der Waals surface area contributed by atoms with Gasteiger partial charge in [0.25, 0.3) is 0 Å². The lowest BCUT2D eigenvalue weighted by Gasteiger charge is -2.17. The molecule has 0 heterocycles. The van der Waals surface area contributed by atoms with E-state index in [4.69, 9.17) is 5.73 Å². The van der Waals surface area contributed by atoms with E-state index in [1.54, 1.807) is 25.1 Å². The van der Waals surface area contributed by atoms with Crippen LogP contribution in [-0.2, 0) is 0 Å². The van der Waals surface area contributed by atoms with Gasteiger partial charge in [0, 0.05) is 16.8 Å². The van der Waals surface area contributed by atoms with Crippen LogP contribution in [0.4, 0.5) is 14.5 Å². The minimum Gasteiger partial charge on any atom is -0.378 e. The van der Waals surface area contributed by atoms with Crippen LogP contribution in [0.3, 0.4) is 0 Å². The molecule has 20 heavy (non-hydrogen) atoms. The normalized spacial score (nSPS) is 11.9. The summed E-state index contributed by atoms with van der Waals surface area (Å²) in [5.41, 5.74) is 6.04. The molecule has 2 rings (SSSR count). The second-order valence-electron chi connectivity index (χ2n) is 4.45. The van der Waals surface area contributed by atoms with Crippen LogP contribution in [0.15, 0.2) is 42.5 Å². The highest BCUT2D eigenvalue weighted by Gasteiger charge is 2.16. The number of hydrogen-bond acceptors (Lipinski definition) is 2. The SMILES string of the molecule is C[C@H](Nc1cccc(C(N)=O)c1)c1c(F)cccc1F. The van der Waals surface area contributed by atoms with Gasteiger partial charge in [-0.25, -0.2) is 8.78 Å². The molecule has 0 saturated heterocycles. The molecule has 104 valence electrons. The number of carbonyl (C=O) groups excluding carboxylic acids is 1. The van der Waals surface area contributed by atoms with E-state index in [9.17, 15) is 13.6 Å². The molecule has 0 radical (unpaired) electrons. The Kier molecular flexibility index (Phi) is 3.98. The summed E-state index contributed by atoms with van der Waals surface area (Å²) in [6.45, 7) is 1.64. The summed E-state index contributed by atoms with van der Waals surface area (Å²) in [5.74, 6) is -1.79. The molecule has 0 bridgehead atoms. The number of nitrogens with one attached hydrogen (secondary N) is 1. The second kappa shape index (κ2) is 5.69. The van der Waals surface area contributed by atoms with Crippen molar-refractivity contribution < 1.29 is 13.6 Å². The summed E-state index contributed by atoms with van der Waals surface area (Å²) in [5, 5.41) is 2.95. The van der Waals surface area contributed by atoms with Crippen LogP contribution in [0.1, 0.15) is 28.9 Å². The average Bonchev–Trinajstić information content (AvgIpc) is 2.38. The highest BCUT2D eigenvalue weighted by atomic mass is 19.1. The molecular formula is C15H14F2N2O. The first-order valence-electron chi connectivity index (χ1n) is 6.09. The van der Waals surface area contributed by atoms with Crippen molar-refractivity contribution >= 4 is 11.6 Å². The Balaban J connectivity index is 2.26. The largest absolute Gasteiger partial charge is 0.378 e. The van der Waals surface area contributed by atoms with E-state index >= 15 is 0 Å². The molecule has 0 aliphatic rings. The van der Waals surface area contributed by atoms with Crippen LogP contribution < -0.4 is 11.1 Å². The number of amides is 1. The Bertz CT molecular complexity index is 623. The first-order valence-corrected chi connectivity index (χ1v) is 6.09. The smallest absolute Gasteiger partial charge is 0.248 e. The molecule has 0 unspecified atom stereocenters. The molecule has 0 fully saturated rings. The number of anilines is 1. The lowest BCUT2D eigenvalue weighted by molar-refractivity contribution is 0.100. The third kappa shape index (κ3) is 2.93. The molecule has 0 aromatic heterocycles. The van der Waals surface area contributed by atoms with Crippen LogP contribution in [0, 0.1) is 11.6 Å². The second-order valence-corrected chi connectivity index (χ2v) is 4.45. The molecule has 0 spiro atoms. The topological polar surface area (TPSA) is 55.1 Å². The van der Waals surface area contributed by atoms with Gasteiger partial charge in [0.15, 0.2) is 0 Å². The molecular weight excluding hydrogens is 262 g/mol. The maximum Gasteiger partial charge on any atom is 0.248 e. The fourth-order valence-corrected chi connectivity index (χ4v) is 2.01. The molecule has 0 aliphatic heterocycles. The van der Waals surface area contributed by atoms with Gasteiger partial charge in [0.1, 0.15) is 11.6 Å². The van der Waals surface area contributed by atoms with Crippen molar-refractivity contribution in [3.63, 3.8) is 0 Å². The summed E-state index contributed by atoms with van der Waals surface area (Å²) in [6, 6.07) is 9.59. The fourth-order valence-electron chi connectivity index (χ4n) is 2.01. The van der Waals surface area contributed by atoms with E-state index in [2.05, 4.69) is 5.32 Å². The zero-order chi connectivity index (χ0) is 14.7. The zero-order valence-corrected chi connectivity index (χ0v) is 10.9. The standard InChI is InChI=1S/C15H14F2N2O/c1-9(14-12(16)6-3-7-13(14)17)19-11-5-2-4-10(8-11)15(18)20/h2-9,19H,1H3,(H2,18,20)/t9-/m0/s1. The van der Waals surface area contributed by atoms with Crippen LogP contribution in [0.25, 0.3) is 0 Å². The average molecular weight is 276 g/mol. The van der Waals surface area contributed by atoms with Gasteiger partial charge in [-0.15, -0.1) is 0 Å². The summed E-state index contributed by atoms with van der Waals surface area (Å²) in [7, 11) is 0. The molecule has 3 N–H and O–H groups in total. The Labute approximate surface area is 115 Å². The van der Waals surface area contributed by atoms with Gasteiger partial charge in [-0.3, -0.25) is 4.79 Å². The fraction of sp³-hybridized carbons (Fsp3) is 0.133. The van der Waals surface area contributed by atoms with E-state index in [-0.39, 0.29) is 5.56 Å². The Morgan fingerprint density at radius 2 is 1.75 bits per heavy atom. The zero-order valence-electron chi connectivity index (χ0n) is 10.9. The van der Waals surface area contributed by atoms with Crippen LogP contribution >= 0.6 is 0 Å². The molecule has 3 nitrogen and oxygen atoms in total. The van der Waals surface area contributed by atoms with Crippen molar-refractivity contribution in [1.82, 2.24) is 0 Å². The van der Waals surface area contributed by atoms with Gasteiger partial charge in [0.2, 0.25) is 5.91 Å². The molecule has 0 aliphatic carbocycles. The summed E-state index contributed by atoms with van der Waals surface area (Å²) in [6.07, 6.45) is 0. The van der Waals surface area contributed by atoms with Gasteiger partial charge < -0.3 is 11.1 Å². The quantitative estimate of drug-likeness (QED) is 0.900. The van der Waals surface area contributed by atoms with Crippen molar-refractivity contribution in [3.05, 3.63) is 65.2 Å². The van der Waals surface area contributed by atoms with Crippen LogP contribution in [0.5, 0.6) is 0 Å². The number of hydrogen-bond donors (Lipinski definition) is 2. The third-order valence-electron chi connectivity index (χ3n) is 2.96. The minimum absolute atomic E-state index is 0.0445. The van der Waals surface area contributed by atoms with Crippen LogP contribution in [-0.4, -0.2) is 5.91 Å². The van der Waals surface area contributed by atoms with Gasteiger partial charge in [-0.1, -0.05) is 12.1 Å². The Morgan fingerprint density at radius 1 is 1.15 bits per heavy atom. The van der Waals surface area contributed by atoms with Gasteiger partial charge in [-0.05, 0) is 37.3 Å². The van der Waals surface area contributed by atoms with E-state index in [0.717, 1.165) is 0 Å². The Hall–Kier alpha value is -2.43. The van der Waals surface area contributed by atoms with Crippen LogP contribution in [0.2, 0.25) is 0 Å². The van der Waals surface area contributed by atoms with E-state index < -0.39 is 23.6 Å². The maximum atomic E-state index is 13.7. The van der Waals surface area contributed by atoms with Crippen molar-refractivity contribution in [2.24, 2.45) is 5.73 Å². The first-order chi connectivity index (χ1) is 9.49. The summed E-state index contributed by atoms with van der Waals surface area (Å²) < 4.78 is 27.3. The molecule has 1 atom stereocenters.